The van der Waals surface area contributed by atoms with Gasteiger partial charge in [0.05, 0.1) is 0 Å². The highest BCUT2D eigenvalue weighted by molar-refractivity contribution is 5.85. The average molecular weight is 360 g/mol. The Hall–Kier alpha value is -2.02. The number of aryl methyl sites for hydroxylation is 1. The second-order valence-corrected chi connectivity index (χ2v) is 8.52. The van der Waals surface area contributed by atoms with Crippen LogP contribution in [-0.2, 0) is 0 Å². The van der Waals surface area contributed by atoms with Gasteiger partial charge in [0, 0.05) is 29.1 Å². The minimum absolute atomic E-state index is 0.467. The number of benzene rings is 2. The van der Waals surface area contributed by atoms with Gasteiger partial charge in [0.25, 0.3) is 0 Å². The van der Waals surface area contributed by atoms with Crippen molar-refractivity contribution in [3.63, 3.8) is 0 Å². The molecule has 0 bridgehead atoms. The van der Waals surface area contributed by atoms with Crippen LogP contribution in [0.1, 0.15) is 81.0 Å². The number of hydrogen-bond acceptors (Lipinski definition) is 0. The fourth-order valence-electron chi connectivity index (χ4n) is 5.21. The lowest BCUT2D eigenvalue weighted by molar-refractivity contribution is 0.268. The first kappa shape index (κ1) is 18.3. The van der Waals surface area contributed by atoms with Gasteiger partial charge in [0.1, 0.15) is 0 Å². The maximum atomic E-state index is 2.60. The van der Waals surface area contributed by atoms with E-state index in [1.807, 2.05) is 0 Å². The zero-order valence-corrected chi connectivity index (χ0v) is 17.1. The summed E-state index contributed by atoms with van der Waals surface area (Å²) in [5.74, 6) is 1.29. The van der Waals surface area contributed by atoms with E-state index in [0.29, 0.717) is 12.0 Å². The number of rotatable bonds is 5. The second kappa shape index (κ2) is 7.92. The molecule has 0 N–H and O–H groups in total. The van der Waals surface area contributed by atoms with Crippen molar-refractivity contribution in [3.05, 3.63) is 71.4 Å². The molecular formula is C26H33N. The van der Waals surface area contributed by atoms with E-state index in [1.165, 1.54) is 59.7 Å². The molecule has 2 aromatic carbocycles. The first-order valence-electron chi connectivity index (χ1n) is 10.8. The summed E-state index contributed by atoms with van der Waals surface area (Å²) in [6, 6.07) is 18.7. The van der Waals surface area contributed by atoms with Gasteiger partial charge in [-0.15, -0.1) is 0 Å². The molecule has 1 heteroatoms. The van der Waals surface area contributed by atoms with Gasteiger partial charge < -0.3 is 4.57 Å². The lowest BCUT2D eigenvalue weighted by Gasteiger charge is -2.29. The van der Waals surface area contributed by atoms with E-state index < -0.39 is 0 Å². The van der Waals surface area contributed by atoms with Crippen LogP contribution in [0.5, 0.6) is 0 Å². The average Bonchev–Trinajstić information content (AvgIpc) is 3.08. The molecule has 1 aliphatic carbocycles. The van der Waals surface area contributed by atoms with Gasteiger partial charge in [0.15, 0.2) is 0 Å². The molecule has 4 rings (SSSR count). The van der Waals surface area contributed by atoms with E-state index in [1.54, 1.807) is 0 Å². The van der Waals surface area contributed by atoms with Crippen molar-refractivity contribution in [2.75, 3.05) is 0 Å². The first-order chi connectivity index (χ1) is 13.2. The molecule has 1 fully saturated rings. The third-order valence-electron chi connectivity index (χ3n) is 6.77. The molecule has 2 unspecified atom stereocenters. The predicted molar refractivity (Wildman–Crippen MR) is 117 cm³/mol. The topological polar surface area (TPSA) is 4.93 Å². The van der Waals surface area contributed by atoms with Crippen LogP contribution in [0.25, 0.3) is 10.9 Å². The summed E-state index contributed by atoms with van der Waals surface area (Å²) in [6.07, 6.45) is 10.6. The normalized spacial score (nSPS) is 17.9. The SMILES string of the molecule is CCC(c1cccc(C)c1)c1cn(C(C)C2CCCCC2)c2ccccc12. The van der Waals surface area contributed by atoms with Gasteiger partial charge in [-0.05, 0) is 56.2 Å². The van der Waals surface area contributed by atoms with Crippen LogP contribution in [0.15, 0.2) is 54.7 Å². The third-order valence-corrected chi connectivity index (χ3v) is 6.77. The Labute approximate surface area is 164 Å². The van der Waals surface area contributed by atoms with Gasteiger partial charge >= 0.3 is 0 Å². The van der Waals surface area contributed by atoms with Gasteiger partial charge in [-0.3, -0.25) is 0 Å². The number of fused-ring (bicyclic) bond motifs is 1. The molecule has 0 radical (unpaired) electrons. The number of hydrogen-bond donors (Lipinski definition) is 0. The lowest BCUT2D eigenvalue weighted by atomic mass is 9.84. The van der Waals surface area contributed by atoms with E-state index in [-0.39, 0.29) is 0 Å². The summed E-state index contributed by atoms with van der Waals surface area (Å²) in [5.41, 5.74) is 5.72. The summed E-state index contributed by atoms with van der Waals surface area (Å²) in [6.45, 7) is 6.97. The fourth-order valence-corrected chi connectivity index (χ4v) is 5.21. The van der Waals surface area contributed by atoms with E-state index in [4.69, 9.17) is 0 Å². The molecule has 0 saturated heterocycles. The molecule has 1 heterocycles. The maximum absolute atomic E-state index is 2.60. The Kier molecular flexibility index (Phi) is 5.38. The van der Waals surface area contributed by atoms with Crippen LogP contribution >= 0.6 is 0 Å². The van der Waals surface area contributed by atoms with Gasteiger partial charge in [-0.1, -0.05) is 74.2 Å². The monoisotopic (exact) mass is 359 g/mol. The van der Waals surface area contributed by atoms with E-state index >= 15 is 0 Å². The van der Waals surface area contributed by atoms with Crippen molar-refractivity contribution in [1.82, 2.24) is 4.57 Å². The van der Waals surface area contributed by atoms with Crippen LogP contribution in [0.3, 0.4) is 0 Å². The van der Waals surface area contributed by atoms with E-state index in [9.17, 15) is 0 Å². The Morgan fingerprint density at radius 3 is 2.52 bits per heavy atom. The van der Waals surface area contributed by atoms with Crippen LogP contribution in [-0.4, -0.2) is 4.57 Å². The Balaban J connectivity index is 1.79. The van der Waals surface area contributed by atoms with E-state index in [0.717, 1.165) is 12.3 Å². The van der Waals surface area contributed by atoms with Crippen LogP contribution in [0.2, 0.25) is 0 Å². The number of para-hydroxylation sites is 1. The highest BCUT2D eigenvalue weighted by Gasteiger charge is 2.25. The molecule has 1 nitrogen and oxygen atoms in total. The zero-order valence-electron chi connectivity index (χ0n) is 17.1. The van der Waals surface area contributed by atoms with Crippen molar-refractivity contribution in [1.29, 1.82) is 0 Å². The van der Waals surface area contributed by atoms with Crippen LogP contribution in [0, 0.1) is 12.8 Å². The summed E-state index contributed by atoms with van der Waals surface area (Å²) in [7, 11) is 0. The summed E-state index contributed by atoms with van der Waals surface area (Å²) in [4.78, 5) is 0. The molecule has 0 amide bonds. The largest absolute Gasteiger partial charge is 0.344 e. The van der Waals surface area contributed by atoms with Crippen molar-refractivity contribution in [2.24, 2.45) is 5.92 Å². The predicted octanol–water partition coefficient (Wildman–Crippen LogP) is 7.63. The first-order valence-corrected chi connectivity index (χ1v) is 10.8. The second-order valence-electron chi connectivity index (χ2n) is 8.52. The standard InChI is InChI=1S/C26H33N/c1-4-23(22-14-10-11-19(2)17-22)25-18-27(26-16-9-8-15-24(25)26)20(3)21-12-6-5-7-13-21/h8-11,14-18,20-21,23H,4-7,12-13H2,1-3H3. The molecular weight excluding hydrogens is 326 g/mol. The molecule has 1 aliphatic rings. The Bertz CT molecular complexity index is 897. The van der Waals surface area contributed by atoms with Crippen molar-refractivity contribution in [3.8, 4) is 0 Å². The van der Waals surface area contributed by atoms with Crippen LogP contribution in [0.4, 0.5) is 0 Å². The molecule has 142 valence electrons. The lowest BCUT2D eigenvalue weighted by Crippen LogP contribution is -2.18. The summed E-state index contributed by atoms with van der Waals surface area (Å²) in [5, 5.41) is 1.44. The van der Waals surface area contributed by atoms with Gasteiger partial charge in [-0.2, -0.15) is 0 Å². The van der Waals surface area contributed by atoms with Crippen molar-refractivity contribution in [2.45, 2.75) is 71.3 Å². The zero-order chi connectivity index (χ0) is 18.8. The minimum atomic E-state index is 0.467. The molecule has 2 atom stereocenters. The molecule has 1 saturated carbocycles. The molecule has 0 spiro atoms. The number of nitrogens with zero attached hydrogens (tertiary/aromatic N) is 1. The summed E-state index contributed by atoms with van der Waals surface area (Å²) < 4.78 is 2.60. The minimum Gasteiger partial charge on any atom is -0.344 e. The Morgan fingerprint density at radius 1 is 1.00 bits per heavy atom. The fraction of sp³-hybridized carbons (Fsp3) is 0.462. The smallest absolute Gasteiger partial charge is 0.0485 e. The van der Waals surface area contributed by atoms with E-state index in [2.05, 4.69) is 80.1 Å². The molecule has 1 aromatic heterocycles. The highest BCUT2D eigenvalue weighted by atomic mass is 15.0. The van der Waals surface area contributed by atoms with Gasteiger partial charge in [-0.25, -0.2) is 0 Å². The quantitative estimate of drug-likeness (QED) is 0.441. The Morgan fingerprint density at radius 2 is 1.78 bits per heavy atom. The summed E-state index contributed by atoms with van der Waals surface area (Å²) >= 11 is 0. The highest BCUT2D eigenvalue weighted by Crippen LogP contribution is 2.39. The van der Waals surface area contributed by atoms with Gasteiger partial charge in [0.2, 0.25) is 0 Å². The van der Waals surface area contributed by atoms with Crippen molar-refractivity contribution < 1.29 is 0 Å². The third kappa shape index (κ3) is 3.57. The van der Waals surface area contributed by atoms with Crippen LogP contribution < -0.4 is 0 Å². The molecule has 27 heavy (non-hydrogen) atoms. The molecule has 3 aromatic rings. The maximum Gasteiger partial charge on any atom is 0.0485 e. The van der Waals surface area contributed by atoms with Crippen molar-refractivity contribution >= 4 is 10.9 Å². The molecule has 0 aliphatic heterocycles. The number of aromatic nitrogens is 1.